The van der Waals surface area contributed by atoms with Crippen LogP contribution in [0.15, 0.2) is 12.1 Å². The Morgan fingerprint density at radius 1 is 1.19 bits per heavy atom. The molecular formula is C13H18N4O4. The number of rotatable bonds is 6. The van der Waals surface area contributed by atoms with Gasteiger partial charge in [0.2, 0.25) is 11.8 Å². The smallest absolute Gasteiger partial charge is 0.231 e. The summed E-state index contributed by atoms with van der Waals surface area (Å²) in [7, 11) is 0. The summed E-state index contributed by atoms with van der Waals surface area (Å²) in [6, 6.07) is 3.50. The molecule has 1 aromatic carbocycles. The van der Waals surface area contributed by atoms with Crippen LogP contribution in [0.5, 0.6) is 5.75 Å². The number of nitrogens with two attached hydrogens (primary N) is 3. The first-order valence-electron chi connectivity index (χ1n) is 6.36. The average molecular weight is 294 g/mol. The van der Waals surface area contributed by atoms with Gasteiger partial charge < -0.3 is 26.7 Å². The predicted molar refractivity (Wildman–Crippen MR) is 74.8 cm³/mol. The Bertz CT molecular complexity index is 545. The number of ether oxygens (including phenoxy) is 2. The molecule has 0 saturated heterocycles. The van der Waals surface area contributed by atoms with E-state index in [1.807, 2.05) is 0 Å². The summed E-state index contributed by atoms with van der Waals surface area (Å²) >= 11 is 0. The number of nitrogen functional groups attached to an aromatic ring is 1. The summed E-state index contributed by atoms with van der Waals surface area (Å²) in [5.74, 6) is -0.425. The van der Waals surface area contributed by atoms with E-state index in [0.717, 1.165) is 11.1 Å². The summed E-state index contributed by atoms with van der Waals surface area (Å²) in [5, 5.41) is 0. The summed E-state index contributed by atoms with van der Waals surface area (Å²) in [6.45, 7) is 0.667. The van der Waals surface area contributed by atoms with Crippen LogP contribution in [0.2, 0.25) is 0 Å². The molecule has 114 valence electrons. The highest BCUT2D eigenvalue weighted by Crippen LogP contribution is 2.31. The zero-order valence-corrected chi connectivity index (χ0v) is 11.5. The van der Waals surface area contributed by atoms with Gasteiger partial charge in [0.05, 0.1) is 19.7 Å². The topological polar surface area (TPSA) is 134 Å². The number of hydrogen-bond donors (Lipinski definition) is 3. The monoisotopic (exact) mass is 294 g/mol. The Balaban J connectivity index is 2.24. The van der Waals surface area contributed by atoms with Gasteiger partial charge in [-0.1, -0.05) is 0 Å². The van der Waals surface area contributed by atoms with E-state index in [-0.39, 0.29) is 26.4 Å². The quantitative estimate of drug-likeness (QED) is 0.571. The first-order valence-corrected chi connectivity index (χ1v) is 6.36. The highest BCUT2D eigenvalue weighted by atomic mass is 16.7. The van der Waals surface area contributed by atoms with Crippen LogP contribution in [0.4, 0.5) is 5.69 Å². The lowest BCUT2D eigenvalue weighted by Gasteiger charge is -2.25. The third kappa shape index (κ3) is 4.07. The Labute approximate surface area is 121 Å². The van der Waals surface area contributed by atoms with Crippen LogP contribution in [0.25, 0.3) is 0 Å². The second kappa shape index (κ2) is 6.42. The second-order valence-electron chi connectivity index (χ2n) is 4.86. The molecule has 0 fully saturated rings. The van der Waals surface area contributed by atoms with Crippen molar-refractivity contribution in [2.24, 2.45) is 11.5 Å². The van der Waals surface area contributed by atoms with E-state index in [2.05, 4.69) is 0 Å². The fourth-order valence-corrected chi connectivity index (χ4v) is 2.29. The maximum absolute atomic E-state index is 11.1. The van der Waals surface area contributed by atoms with Crippen LogP contribution < -0.4 is 21.9 Å². The average Bonchev–Trinajstić information content (AvgIpc) is 2.36. The van der Waals surface area contributed by atoms with Crippen molar-refractivity contribution < 1.29 is 19.1 Å². The van der Waals surface area contributed by atoms with Gasteiger partial charge >= 0.3 is 0 Å². The molecule has 1 aromatic rings. The van der Waals surface area contributed by atoms with Crippen molar-refractivity contribution in [2.45, 2.75) is 13.2 Å². The van der Waals surface area contributed by atoms with Gasteiger partial charge in [0.1, 0.15) is 5.75 Å². The van der Waals surface area contributed by atoms with Crippen molar-refractivity contribution in [1.29, 1.82) is 0 Å². The van der Waals surface area contributed by atoms with Crippen LogP contribution >= 0.6 is 0 Å². The van der Waals surface area contributed by atoms with Gasteiger partial charge in [0.15, 0.2) is 6.79 Å². The van der Waals surface area contributed by atoms with Gasteiger partial charge in [-0.25, -0.2) is 0 Å². The van der Waals surface area contributed by atoms with Crippen molar-refractivity contribution in [3.8, 4) is 5.75 Å². The van der Waals surface area contributed by atoms with Crippen LogP contribution in [0.1, 0.15) is 11.1 Å². The summed E-state index contributed by atoms with van der Waals surface area (Å²) in [6.07, 6.45) is 0. The molecule has 1 heterocycles. The first kappa shape index (κ1) is 15.1. The van der Waals surface area contributed by atoms with E-state index in [0.29, 0.717) is 18.0 Å². The summed E-state index contributed by atoms with van der Waals surface area (Å²) in [5.41, 5.74) is 18.4. The third-order valence-corrected chi connectivity index (χ3v) is 2.96. The molecule has 0 radical (unpaired) electrons. The molecule has 21 heavy (non-hydrogen) atoms. The molecule has 8 heteroatoms. The number of anilines is 1. The fourth-order valence-electron chi connectivity index (χ4n) is 2.29. The van der Waals surface area contributed by atoms with Crippen molar-refractivity contribution in [3.05, 3.63) is 23.3 Å². The lowest BCUT2D eigenvalue weighted by Crippen LogP contribution is -2.39. The van der Waals surface area contributed by atoms with Gasteiger partial charge in [-0.15, -0.1) is 0 Å². The maximum Gasteiger partial charge on any atom is 0.231 e. The second-order valence-corrected chi connectivity index (χ2v) is 4.86. The molecule has 0 aliphatic carbocycles. The lowest BCUT2D eigenvalue weighted by atomic mass is 10.1. The number of amides is 2. The molecule has 0 aromatic heterocycles. The number of carbonyl (C=O) groups excluding carboxylic acids is 2. The van der Waals surface area contributed by atoms with E-state index in [4.69, 9.17) is 26.7 Å². The largest absolute Gasteiger partial charge is 0.467 e. The lowest BCUT2D eigenvalue weighted by molar-refractivity contribution is -0.122. The molecule has 1 aliphatic heterocycles. The molecule has 1 aliphatic rings. The molecule has 2 amide bonds. The number of hydrogen-bond acceptors (Lipinski definition) is 6. The van der Waals surface area contributed by atoms with E-state index < -0.39 is 11.8 Å². The van der Waals surface area contributed by atoms with Crippen LogP contribution in [-0.4, -0.2) is 36.6 Å². The van der Waals surface area contributed by atoms with Crippen molar-refractivity contribution >= 4 is 17.5 Å². The van der Waals surface area contributed by atoms with E-state index in [1.165, 1.54) is 0 Å². The van der Waals surface area contributed by atoms with Gasteiger partial charge in [-0.05, 0) is 12.1 Å². The van der Waals surface area contributed by atoms with Gasteiger partial charge in [0.25, 0.3) is 0 Å². The number of nitrogens with zero attached hydrogens (tertiary/aromatic N) is 1. The first-order chi connectivity index (χ1) is 9.95. The Morgan fingerprint density at radius 3 is 2.48 bits per heavy atom. The SMILES string of the molecule is NC(=O)CN(CC(N)=O)Cc1cc(N)cc2c1OCOC2. The van der Waals surface area contributed by atoms with Crippen molar-refractivity contribution in [1.82, 2.24) is 4.90 Å². The molecule has 0 unspecified atom stereocenters. The van der Waals surface area contributed by atoms with Gasteiger partial charge in [-0.2, -0.15) is 0 Å². The number of benzene rings is 1. The zero-order chi connectivity index (χ0) is 15.4. The van der Waals surface area contributed by atoms with Crippen molar-refractivity contribution in [3.63, 3.8) is 0 Å². The molecule has 0 bridgehead atoms. The minimum absolute atomic E-state index is 0.0803. The zero-order valence-electron chi connectivity index (χ0n) is 11.5. The minimum Gasteiger partial charge on any atom is -0.467 e. The van der Waals surface area contributed by atoms with Crippen LogP contribution in [-0.2, 0) is 27.5 Å². The molecular weight excluding hydrogens is 276 g/mol. The normalized spacial score (nSPS) is 13.6. The van der Waals surface area contributed by atoms with Gasteiger partial charge in [-0.3, -0.25) is 14.5 Å². The number of carbonyl (C=O) groups is 2. The summed E-state index contributed by atoms with van der Waals surface area (Å²) < 4.78 is 10.7. The maximum atomic E-state index is 11.1. The highest BCUT2D eigenvalue weighted by molar-refractivity contribution is 5.79. The molecule has 0 saturated carbocycles. The van der Waals surface area contributed by atoms with E-state index in [9.17, 15) is 9.59 Å². The van der Waals surface area contributed by atoms with Crippen LogP contribution in [0.3, 0.4) is 0 Å². The molecule has 0 spiro atoms. The molecule has 2 rings (SSSR count). The molecule has 8 nitrogen and oxygen atoms in total. The van der Waals surface area contributed by atoms with Crippen molar-refractivity contribution in [2.75, 3.05) is 25.6 Å². The van der Waals surface area contributed by atoms with Gasteiger partial charge in [0, 0.05) is 23.4 Å². The predicted octanol–water partition coefficient (Wildman–Crippen LogP) is -1.09. The number of fused-ring (bicyclic) bond motifs is 1. The Morgan fingerprint density at radius 2 is 1.86 bits per heavy atom. The molecule has 6 N–H and O–H groups in total. The fraction of sp³-hybridized carbons (Fsp3) is 0.385. The minimum atomic E-state index is -0.543. The number of primary amides is 2. The van der Waals surface area contributed by atoms with E-state index in [1.54, 1.807) is 17.0 Å². The summed E-state index contributed by atoms with van der Waals surface area (Å²) in [4.78, 5) is 23.7. The third-order valence-electron chi connectivity index (χ3n) is 2.96. The van der Waals surface area contributed by atoms with E-state index >= 15 is 0 Å². The Kier molecular flexibility index (Phi) is 4.61. The van der Waals surface area contributed by atoms with Crippen LogP contribution in [0, 0.1) is 0 Å². The molecule has 0 atom stereocenters. The standard InChI is InChI=1S/C13H18N4O4/c14-10-1-8(13-9(2-10)6-20-7-21-13)3-17(4-11(15)18)5-12(16)19/h1-2H,3-7,14H2,(H2,15,18)(H2,16,19). The Hall–Kier alpha value is -2.32. The highest BCUT2D eigenvalue weighted by Gasteiger charge is 2.19.